The number of benzene rings is 4. The molecule has 14 rings (SSSR count). The largest absolute Gasteiger partial charge is 0.460 e. The van der Waals surface area contributed by atoms with Gasteiger partial charge in [-0.2, -0.15) is 30.5 Å². The summed E-state index contributed by atoms with van der Waals surface area (Å²) in [6, 6.07) is 30.2. The number of likely N-dealkylation sites (tertiary alicyclic amines) is 2. The van der Waals surface area contributed by atoms with E-state index < -0.39 is 0 Å². The van der Waals surface area contributed by atoms with E-state index in [0.29, 0.717) is 77.5 Å². The van der Waals surface area contributed by atoms with E-state index in [1.807, 2.05) is 0 Å². The maximum absolute atomic E-state index is 13.0. The number of nitrogens with zero attached hydrogens (tertiary/aromatic N) is 14. The van der Waals surface area contributed by atoms with E-state index in [-0.39, 0.29) is 61.0 Å². The third-order valence-corrected chi connectivity index (χ3v) is 19.4. The van der Waals surface area contributed by atoms with E-state index in [1.165, 1.54) is 61.5 Å². The van der Waals surface area contributed by atoms with Crippen LogP contribution in [0.4, 0.5) is 11.6 Å². The minimum atomic E-state index is -0.286. The van der Waals surface area contributed by atoms with Crippen LogP contribution < -0.4 is 19.3 Å². The first-order valence-corrected chi connectivity index (χ1v) is 30.3. The fourth-order valence-electron chi connectivity index (χ4n) is 15.2. The zero-order valence-electron chi connectivity index (χ0n) is 48.0. The molecule has 2 aliphatic carbocycles. The number of piperazine rings is 2. The summed E-state index contributed by atoms with van der Waals surface area (Å²) < 4.78 is 13.5. The summed E-state index contributed by atoms with van der Waals surface area (Å²) in [5, 5.41) is 25.0. The van der Waals surface area contributed by atoms with Crippen LogP contribution in [-0.4, -0.2) is 158 Å². The molecule has 6 aromatic rings. The smallest absolute Gasteiger partial charge is 0.318 e. The maximum Gasteiger partial charge on any atom is 0.318 e. The second-order valence-corrected chi connectivity index (χ2v) is 24.4. The lowest BCUT2D eigenvalue weighted by atomic mass is 10.0. The van der Waals surface area contributed by atoms with Crippen LogP contribution >= 0.6 is 0 Å². The van der Waals surface area contributed by atoms with Crippen LogP contribution in [-0.2, 0) is 55.2 Å². The minimum absolute atomic E-state index is 0.0416. The molecule has 18 nitrogen and oxygen atoms in total. The number of aromatic nitrogens is 4. The monoisotopic (exact) mass is 1120 g/mol. The molecular formula is C66H72N14O4. The van der Waals surface area contributed by atoms with Crippen LogP contribution in [0.5, 0.6) is 12.0 Å². The number of carbonyl (C=O) groups excluding carboxylic acids is 2. The Morgan fingerprint density at radius 1 is 0.607 bits per heavy atom. The topological polar surface area (TPSA) is 178 Å². The van der Waals surface area contributed by atoms with E-state index >= 15 is 0 Å². The lowest BCUT2D eigenvalue weighted by Crippen LogP contribution is -2.55. The molecule has 4 atom stereocenters. The summed E-state index contributed by atoms with van der Waals surface area (Å²) in [7, 11) is 2.15. The van der Waals surface area contributed by atoms with Crippen molar-refractivity contribution in [1.82, 2.24) is 49.3 Å². The Bertz CT molecular complexity index is 3690. The molecule has 0 radical (unpaired) electrons. The van der Waals surface area contributed by atoms with Gasteiger partial charge in [0, 0.05) is 121 Å². The molecule has 8 heterocycles. The number of carbonyl (C=O) groups is 2. The summed E-state index contributed by atoms with van der Waals surface area (Å²) in [5.41, 5.74) is 11.0. The zero-order valence-corrected chi connectivity index (χ0v) is 48.0. The first-order valence-electron chi connectivity index (χ1n) is 30.3. The number of hydrogen-bond donors (Lipinski definition) is 0. The molecule has 4 fully saturated rings. The van der Waals surface area contributed by atoms with Crippen LogP contribution in [0.2, 0.25) is 0 Å². The molecule has 6 aliphatic heterocycles. The van der Waals surface area contributed by atoms with Crippen molar-refractivity contribution in [1.29, 1.82) is 10.5 Å². The van der Waals surface area contributed by atoms with E-state index in [4.69, 9.17) is 29.4 Å². The normalized spacial score (nSPS) is 23.0. The highest BCUT2D eigenvalue weighted by Crippen LogP contribution is 2.47. The van der Waals surface area contributed by atoms with Crippen molar-refractivity contribution < 1.29 is 19.1 Å². The highest BCUT2D eigenvalue weighted by molar-refractivity contribution is 5.93. The Hall–Kier alpha value is -8.00. The van der Waals surface area contributed by atoms with Gasteiger partial charge in [0.05, 0.1) is 48.5 Å². The molecule has 2 amide bonds. The van der Waals surface area contributed by atoms with Crippen LogP contribution in [0.25, 0.3) is 21.5 Å². The molecule has 0 N–H and O–H groups in total. The molecule has 430 valence electrons. The third-order valence-electron chi connectivity index (χ3n) is 19.4. The van der Waals surface area contributed by atoms with Crippen LogP contribution in [0.15, 0.2) is 92.0 Å². The van der Waals surface area contributed by atoms with Crippen LogP contribution in [0, 0.1) is 22.7 Å². The molecule has 84 heavy (non-hydrogen) atoms. The molecular weight excluding hydrogens is 1050 g/mol. The van der Waals surface area contributed by atoms with Gasteiger partial charge in [0.1, 0.15) is 23.8 Å². The Kier molecular flexibility index (Phi) is 14.5. The Labute approximate surface area is 491 Å². The van der Waals surface area contributed by atoms with Gasteiger partial charge in [-0.25, -0.2) is 0 Å². The number of piperidine rings is 2. The number of hydrogen-bond acceptors (Lipinski definition) is 16. The predicted octanol–water partition coefficient (Wildman–Crippen LogP) is 7.55. The molecule has 0 spiro atoms. The maximum atomic E-state index is 13.0. The molecule has 0 bridgehead atoms. The van der Waals surface area contributed by atoms with Crippen LogP contribution in [0.1, 0.15) is 101 Å². The number of anilines is 2. The molecule has 18 heteroatoms. The van der Waals surface area contributed by atoms with Gasteiger partial charge in [-0.1, -0.05) is 73.8 Å². The summed E-state index contributed by atoms with van der Waals surface area (Å²) in [6.07, 6.45) is 8.50. The Morgan fingerprint density at radius 3 is 1.64 bits per heavy atom. The molecule has 4 saturated heterocycles. The molecule has 0 saturated carbocycles. The minimum Gasteiger partial charge on any atom is -0.460 e. The standard InChI is InChI=1S/C66H72N14O4/c1-4-59(81)79-29-27-75(36-47(79)15-21-67)63-53-38-77(57-33-45-11-6-9-43-10-7-13-51(57)61(43)45)40-55(53)70-66(72-63)84-50-19-25-74(26-20-50)35-42-31-44-12-8-14-52-58(34-46(32-42)62(44)52)78-39-54-56(41-78)69-65(83-49-17-23-73(3)24-18-49)71-64(54)76-28-30-80(60(82)5-2)48(37-76)16-22-68/h4-14,31-32,47-50,57-58H,1-2,15-20,23-30,33-41H2,3H3/t47-,48-,57-,58+/m0/s1. The van der Waals surface area contributed by atoms with Gasteiger partial charge in [-0.15, -0.1) is 0 Å². The number of rotatable bonds is 14. The van der Waals surface area contributed by atoms with E-state index in [0.717, 1.165) is 105 Å². The summed E-state index contributed by atoms with van der Waals surface area (Å²) in [5.74, 6) is 1.40. The van der Waals surface area contributed by atoms with E-state index in [9.17, 15) is 20.1 Å². The second kappa shape index (κ2) is 22.5. The highest BCUT2D eigenvalue weighted by Gasteiger charge is 2.41. The van der Waals surface area contributed by atoms with Gasteiger partial charge in [0.2, 0.25) is 11.8 Å². The second-order valence-electron chi connectivity index (χ2n) is 24.4. The fraction of sp³-hybridized carbons (Fsp3) is 0.455. The van der Waals surface area contributed by atoms with E-state index in [2.05, 4.69) is 128 Å². The Balaban J connectivity index is 0.664. The van der Waals surface area contributed by atoms with Crippen molar-refractivity contribution in [3.05, 3.63) is 142 Å². The predicted molar refractivity (Wildman–Crippen MR) is 320 cm³/mol. The molecule has 8 aliphatic rings. The van der Waals surface area contributed by atoms with Gasteiger partial charge < -0.3 is 34.0 Å². The van der Waals surface area contributed by atoms with Crippen LogP contribution in [0.3, 0.4) is 0 Å². The first-order chi connectivity index (χ1) is 41.1. The molecule has 4 aromatic carbocycles. The van der Waals surface area contributed by atoms with Crippen molar-refractivity contribution in [3.8, 4) is 24.2 Å². The summed E-state index contributed by atoms with van der Waals surface area (Å²) >= 11 is 0. The van der Waals surface area contributed by atoms with Crippen molar-refractivity contribution in [2.45, 2.75) is 120 Å². The average molecular weight is 1130 g/mol. The highest BCUT2D eigenvalue weighted by atomic mass is 16.5. The Morgan fingerprint density at radius 2 is 1.11 bits per heavy atom. The third kappa shape index (κ3) is 10.1. The lowest BCUT2D eigenvalue weighted by Gasteiger charge is -2.41. The van der Waals surface area contributed by atoms with Gasteiger partial charge in [0.25, 0.3) is 0 Å². The van der Waals surface area contributed by atoms with Gasteiger partial charge in [-0.05, 0) is 113 Å². The van der Waals surface area contributed by atoms with Crippen molar-refractivity contribution in [2.24, 2.45) is 0 Å². The van der Waals surface area contributed by atoms with Gasteiger partial charge in [-0.3, -0.25) is 24.3 Å². The van der Waals surface area contributed by atoms with Crippen molar-refractivity contribution in [2.75, 3.05) is 82.3 Å². The number of fused-ring (bicyclic) bond motifs is 2. The molecule has 0 unspecified atom stereocenters. The van der Waals surface area contributed by atoms with Crippen molar-refractivity contribution in [3.63, 3.8) is 0 Å². The number of amides is 2. The molecule has 2 aromatic heterocycles. The first kappa shape index (κ1) is 54.0. The summed E-state index contributed by atoms with van der Waals surface area (Å²) in [4.78, 5) is 64.7. The van der Waals surface area contributed by atoms with E-state index in [1.54, 1.807) is 9.80 Å². The number of ether oxygens (including phenoxy) is 2. The van der Waals surface area contributed by atoms with Crippen molar-refractivity contribution >= 4 is 45.0 Å². The fourth-order valence-corrected chi connectivity index (χ4v) is 15.2. The lowest BCUT2D eigenvalue weighted by molar-refractivity contribution is -0.129. The SMILES string of the molecule is C=CC(=O)N1CCN(c2nc(OC3CCN(C)CC3)nc3c2CN([C@@H]2Cc4cc(CN5CCC(Oc6nc7c(c(N8CCN(C(=O)C=C)[C@@H](CC#N)C8)n6)CN([C@H]6Cc8cccc9cccc6c89)C7)CC5)cc5cccc2c45)C3)C[C@@H]1CC#N. The summed E-state index contributed by atoms with van der Waals surface area (Å²) in [6.45, 7) is 17.9. The average Bonchev–Trinajstić information content (AvgIpc) is 2.68. The zero-order chi connectivity index (χ0) is 57.2. The number of nitriles is 2. The quantitative estimate of drug-likeness (QED) is 0.0976. The van der Waals surface area contributed by atoms with Gasteiger partial charge in [0.15, 0.2) is 0 Å². The van der Waals surface area contributed by atoms with Gasteiger partial charge >= 0.3 is 12.0 Å².